The summed E-state index contributed by atoms with van der Waals surface area (Å²) in [4.78, 5) is 60.6. The van der Waals surface area contributed by atoms with Crippen LogP contribution in [-0.2, 0) is 30.6 Å². The molecule has 16 nitrogen and oxygen atoms in total. The topological polar surface area (TPSA) is 219 Å². The number of amides is 2. The molecule has 234 valence electrons. The van der Waals surface area contributed by atoms with Crippen LogP contribution in [0.4, 0.5) is 5.13 Å². The number of carbonyl (C=O) groups is 4. The lowest BCUT2D eigenvalue weighted by Gasteiger charge is -2.49. The fourth-order valence-electron chi connectivity index (χ4n) is 5.11. The summed E-state index contributed by atoms with van der Waals surface area (Å²) >= 11 is 3.44. The molecule has 2 amide bonds. The summed E-state index contributed by atoms with van der Waals surface area (Å²) in [5.41, 5.74) is 6.35. The van der Waals surface area contributed by atoms with Crippen molar-refractivity contribution in [1.82, 2.24) is 29.2 Å². The van der Waals surface area contributed by atoms with Crippen molar-refractivity contribution >= 4 is 75.3 Å². The Balaban J connectivity index is 1.14. The SMILES string of the molecule is Nc1nc(/C(=N/OC2CCCC2)C(=O)N[C@@H]2C(=O)N3C(C(=O)O)=C(/C=C/Sc4ccc5n(cc[n+]5CC(=O)O)n4)CS[C@H]23)ns1. The second-order valence-corrected chi connectivity index (χ2v) is 13.0. The minimum absolute atomic E-state index is 0.0196. The number of nitrogen functional groups attached to an aromatic ring is 1. The van der Waals surface area contributed by atoms with Gasteiger partial charge in [-0.25, -0.2) is 14.2 Å². The van der Waals surface area contributed by atoms with Crippen LogP contribution in [0.2, 0.25) is 0 Å². The third-order valence-corrected chi connectivity index (χ3v) is 9.79. The summed E-state index contributed by atoms with van der Waals surface area (Å²) in [6.45, 7) is -0.198. The number of hydrogen-bond donors (Lipinski definition) is 4. The largest absolute Gasteiger partial charge is 0.478 e. The van der Waals surface area contributed by atoms with E-state index in [1.165, 1.54) is 28.4 Å². The van der Waals surface area contributed by atoms with Crippen molar-refractivity contribution in [3.63, 3.8) is 0 Å². The monoisotopic (exact) mass is 672 g/mol. The number of fused-ring (bicyclic) bond motifs is 2. The Morgan fingerprint density at radius 1 is 1.27 bits per heavy atom. The van der Waals surface area contributed by atoms with Crippen molar-refractivity contribution in [2.75, 3.05) is 11.5 Å². The van der Waals surface area contributed by atoms with Crippen molar-refractivity contribution in [2.45, 2.75) is 54.8 Å². The molecule has 5 heterocycles. The Morgan fingerprint density at radius 3 is 2.78 bits per heavy atom. The molecule has 3 aromatic rings. The predicted octanol–water partition coefficient (Wildman–Crippen LogP) is 0.848. The number of rotatable bonds is 11. The first-order valence-corrected chi connectivity index (χ1v) is 16.4. The van der Waals surface area contributed by atoms with Gasteiger partial charge < -0.3 is 26.1 Å². The molecule has 3 aliphatic rings. The summed E-state index contributed by atoms with van der Waals surface area (Å²) in [5, 5.41) is 31.9. The van der Waals surface area contributed by atoms with Gasteiger partial charge in [-0.15, -0.1) is 16.3 Å². The Morgan fingerprint density at radius 2 is 2.07 bits per heavy atom. The molecule has 0 bridgehead atoms. The van der Waals surface area contributed by atoms with Crippen LogP contribution >= 0.6 is 35.1 Å². The minimum atomic E-state index is -1.27. The molecule has 0 unspecified atom stereocenters. The van der Waals surface area contributed by atoms with Crippen LogP contribution in [-0.4, -0.2) is 86.8 Å². The third-order valence-electron chi connectivity index (χ3n) is 7.21. The van der Waals surface area contributed by atoms with Gasteiger partial charge in [0.1, 0.15) is 34.4 Å². The van der Waals surface area contributed by atoms with Gasteiger partial charge in [-0.2, -0.15) is 9.36 Å². The molecule has 2 fully saturated rings. The highest BCUT2D eigenvalue weighted by molar-refractivity contribution is 8.02. The van der Waals surface area contributed by atoms with Gasteiger partial charge in [-0.1, -0.05) is 22.0 Å². The maximum Gasteiger partial charge on any atom is 0.352 e. The molecule has 1 aliphatic carbocycles. The number of nitrogens with two attached hydrogens (primary N) is 1. The molecule has 0 spiro atoms. The molecule has 45 heavy (non-hydrogen) atoms. The minimum Gasteiger partial charge on any atom is -0.478 e. The average molecular weight is 673 g/mol. The fourth-order valence-corrected chi connectivity index (χ4v) is 7.52. The molecule has 5 N–H and O–H groups in total. The molecule has 0 radical (unpaired) electrons. The Labute approximate surface area is 267 Å². The van der Waals surface area contributed by atoms with Crippen LogP contribution in [0.15, 0.2) is 57.5 Å². The zero-order valence-electron chi connectivity index (χ0n) is 23.3. The number of carboxylic acid groups (broad SMARTS) is 2. The van der Waals surface area contributed by atoms with Gasteiger partial charge in [0.2, 0.25) is 11.5 Å². The first kappa shape index (κ1) is 30.5. The van der Waals surface area contributed by atoms with Gasteiger partial charge in [0.25, 0.3) is 11.8 Å². The number of hydrogen-bond acceptors (Lipinski definition) is 13. The predicted molar refractivity (Wildman–Crippen MR) is 162 cm³/mol. The van der Waals surface area contributed by atoms with E-state index in [-0.39, 0.29) is 40.8 Å². The van der Waals surface area contributed by atoms with Crippen LogP contribution in [0.1, 0.15) is 31.5 Å². The Bertz CT molecular complexity index is 1780. The zero-order chi connectivity index (χ0) is 31.7. The summed E-state index contributed by atoms with van der Waals surface area (Å²) in [5.74, 6) is -3.30. The zero-order valence-corrected chi connectivity index (χ0v) is 25.8. The van der Waals surface area contributed by atoms with Crippen LogP contribution in [0.3, 0.4) is 0 Å². The van der Waals surface area contributed by atoms with Crippen molar-refractivity contribution in [1.29, 1.82) is 0 Å². The number of nitrogens with one attached hydrogen (secondary N) is 1. The number of oxime groups is 1. The number of aromatic nitrogens is 5. The number of allylic oxidation sites excluding steroid dienone is 1. The van der Waals surface area contributed by atoms with Crippen LogP contribution < -0.4 is 15.6 Å². The van der Waals surface area contributed by atoms with E-state index < -0.39 is 35.2 Å². The smallest absolute Gasteiger partial charge is 0.352 e. The fraction of sp³-hybridized carbons (Fsp3) is 0.346. The third kappa shape index (κ3) is 6.36. The highest BCUT2D eigenvalue weighted by atomic mass is 32.2. The van der Waals surface area contributed by atoms with Crippen LogP contribution in [0, 0.1) is 0 Å². The number of aliphatic carboxylic acids is 2. The normalized spacial score (nSPS) is 20.5. The molecule has 2 aliphatic heterocycles. The number of nitrogens with zero attached hydrogens (tertiary/aromatic N) is 7. The van der Waals surface area contributed by atoms with E-state index in [2.05, 4.69) is 24.9 Å². The second-order valence-electron chi connectivity index (χ2n) is 10.2. The van der Waals surface area contributed by atoms with E-state index in [1.807, 2.05) is 0 Å². The first-order valence-electron chi connectivity index (χ1n) is 13.7. The highest BCUT2D eigenvalue weighted by Crippen LogP contribution is 2.41. The highest BCUT2D eigenvalue weighted by Gasteiger charge is 2.54. The quantitative estimate of drug-likeness (QED) is 0.0731. The van der Waals surface area contributed by atoms with Gasteiger partial charge >= 0.3 is 17.6 Å². The molecule has 1 saturated carbocycles. The van der Waals surface area contributed by atoms with Gasteiger partial charge in [-0.3, -0.25) is 14.5 Å². The van der Waals surface area contributed by atoms with Crippen LogP contribution in [0.5, 0.6) is 0 Å². The van der Waals surface area contributed by atoms with E-state index in [0.29, 0.717) is 16.2 Å². The van der Waals surface area contributed by atoms with Crippen molar-refractivity contribution in [2.24, 2.45) is 5.16 Å². The molecule has 2 atom stereocenters. The first-order chi connectivity index (χ1) is 21.7. The molecule has 3 aromatic heterocycles. The lowest BCUT2D eigenvalue weighted by molar-refractivity contribution is -0.659. The maximum atomic E-state index is 13.3. The van der Waals surface area contributed by atoms with Crippen molar-refractivity contribution < 1.29 is 38.8 Å². The second kappa shape index (κ2) is 12.9. The van der Waals surface area contributed by atoms with E-state index in [4.69, 9.17) is 15.7 Å². The molecule has 1 saturated heterocycles. The standard InChI is InChI=1S/C26H25N9O7S3/c27-26-29-21(32-45-26)18(31-42-14-3-1-2-4-14)22(38)28-19-23(39)35-20(25(40)41)13(12-44-24(19)35)7-10-43-15-5-6-16-33(11-17(36)37)8-9-34(16)30-15/h5-10,14,19,24H,1-4,11-12H2,(H4-,27,28,29,32,36,37,38,40,41)/p+1/b10-7+,31-18-/t19-,24-/m1/s1. The van der Waals surface area contributed by atoms with E-state index >= 15 is 0 Å². The van der Waals surface area contributed by atoms with Gasteiger partial charge in [0.05, 0.1) is 0 Å². The van der Waals surface area contributed by atoms with Crippen molar-refractivity contribution in [3.8, 4) is 0 Å². The van der Waals surface area contributed by atoms with Gasteiger partial charge in [0, 0.05) is 23.4 Å². The lowest BCUT2D eigenvalue weighted by atomic mass is 10.0. The number of thioether (sulfide) groups is 2. The number of anilines is 1. The van der Waals surface area contributed by atoms with Crippen molar-refractivity contribution in [3.05, 3.63) is 53.1 Å². The Kier molecular flexibility index (Phi) is 8.72. The summed E-state index contributed by atoms with van der Waals surface area (Å²) in [6.07, 6.45) is 8.37. The Hall–Kier alpha value is -4.49. The number of carbonyl (C=O) groups excluding carboxylic acids is 2. The van der Waals surface area contributed by atoms with E-state index in [1.54, 1.807) is 45.1 Å². The molecular formula is C26H26N9O7S3+. The van der Waals surface area contributed by atoms with Gasteiger partial charge in [0.15, 0.2) is 17.9 Å². The number of carboxylic acids is 2. The number of imidazole rings is 1. The van der Waals surface area contributed by atoms with Gasteiger partial charge in [-0.05, 0) is 48.8 Å². The average Bonchev–Trinajstić information content (AvgIpc) is 3.77. The molecule has 19 heteroatoms. The molecule has 0 aromatic carbocycles. The molecular weight excluding hydrogens is 647 g/mol. The number of β-lactam (4-membered cyclic amide) rings is 1. The summed E-state index contributed by atoms with van der Waals surface area (Å²) in [7, 11) is 0. The lowest BCUT2D eigenvalue weighted by Crippen LogP contribution is -2.71. The summed E-state index contributed by atoms with van der Waals surface area (Å²) < 4.78 is 7.16. The molecule has 6 rings (SSSR count). The van der Waals surface area contributed by atoms with Crippen LogP contribution in [0.25, 0.3) is 5.65 Å². The summed E-state index contributed by atoms with van der Waals surface area (Å²) in [6, 6.07) is 2.46. The van der Waals surface area contributed by atoms with E-state index in [0.717, 1.165) is 37.2 Å². The maximum absolute atomic E-state index is 13.3. The van der Waals surface area contributed by atoms with E-state index in [9.17, 15) is 24.3 Å².